The summed E-state index contributed by atoms with van der Waals surface area (Å²) in [5.74, 6) is 1.72. The number of amides is 2. The van der Waals surface area contributed by atoms with Crippen LogP contribution in [0.4, 0.5) is 23.7 Å². The van der Waals surface area contributed by atoms with Gasteiger partial charge in [0.15, 0.2) is 17.3 Å². The topological polar surface area (TPSA) is 122 Å². The van der Waals surface area contributed by atoms with Crippen LogP contribution >= 0.6 is 0 Å². The molecule has 2 saturated heterocycles. The molecule has 4 heterocycles. The van der Waals surface area contributed by atoms with Crippen molar-refractivity contribution in [2.75, 3.05) is 25.3 Å². The standard InChI is InChI=1S/C22H19F3N6O5/c23-22(24,25)12-2-1-3-13(7-12)26-21(32)27-14-8-33-19-15(9-34-18(14)19)31-20(28-29-30-31)11-4-5-16-17(6-11)36-10-35-16/h1-7,14-15,18-19H,8-10H2,(H2,26,27,32)/t14-,15+,18-,19+/m1/s1. The van der Waals surface area contributed by atoms with Crippen LogP contribution in [-0.2, 0) is 15.7 Å². The zero-order chi connectivity index (χ0) is 24.9. The summed E-state index contributed by atoms with van der Waals surface area (Å²) in [6, 6.07) is 8.24. The number of fused-ring (bicyclic) bond motifs is 2. The third kappa shape index (κ3) is 4.07. The van der Waals surface area contributed by atoms with Crippen LogP contribution in [0.5, 0.6) is 11.5 Å². The number of nitrogens with one attached hydrogen (secondary N) is 2. The number of ether oxygens (including phenoxy) is 4. The Balaban J connectivity index is 1.13. The third-order valence-electron chi connectivity index (χ3n) is 6.23. The van der Waals surface area contributed by atoms with Crippen molar-refractivity contribution in [1.82, 2.24) is 25.5 Å². The highest BCUT2D eigenvalue weighted by Gasteiger charge is 2.50. The number of alkyl halides is 3. The van der Waals surface area contributed by atoms with E-state index < -0.39 is 36.0 Å². The molecule has 2 aromatic carbocycles. The Hall–Kier alpha value is -3.91. The van der Waals surface area contributed by atoms with Gasteiger partial charge < -0.3 is 29.6 Å². The average Bonchev–Trinajstić information content (AvgIpc) is 3.63. The van der Waals surface area contributed by atoms with Crippen LogP contribution in [-0.4, -0.2) is 64.5 Å². The number of carbonyl (C=O) groups is 1. The quantitative estimate of drug-likeness (QED) is 0.556. The SMILES string of the molecule is O=C(Nc1cccc(C(F)(F)F)c1)N[C@@H]1CO[C@@H]2[C@@H]1OC[C@@H]2n1nnnc1-c1ccc2c(c1)OCO2. The van der Waals surface area contributed by atoms with Crippen molar-refractivity contribution < 1.29 is 36.9 Å². The molecule has 3 aliphatic heterocycles. The second-order valence-electron chi connectivity index (χ2n) is 8.46. The highest BCUT2D eigenvalue weighted by molar-refractivity contribution is 5.89. The number of aromatic nitrogens is 4. The van der Waals surface area contributed by atoms with Crippen LogP contribution in [0.2, 0.25) is 0 Å². The predicted molar refractivity (Wildman–Crippen MR) is 115 cm³/mol. The van der Waals surface area contributed by atoms with Crippen LogP contribution in [0.15, 0.2) is 42.5 Å². The molecule has 0 bridgehead atoms. The molecular weight excluding hydrogens is 485 g/mol. The van der Waals surface area contributed by atoms with Gasteiger partial charge >= 0.3 is 12.2 Å². The van der Waals surface area contributed by atoms with Crippen LogP contribution in [0, 0.1) is 0 Å². The molecule has 36 heavy (non-hydrogen) atoms. The maximum Gasteiger partial charge on any atom is 0.416 e. The van der Waals surface area contributed by atoms with E-state index in [1.165, 1.54) is 12.1 Å². The Morgan fingerprint density at radius 3 is 2.72 bits per heavy atom. The van der Waals surface area contributed by atoms with E-state index in [9.17, 15) is 18.0 Å². The number of benzene rings is 2. The van der Waals surface area contributed by atoms with E-state index in [0.717, 1.165) is 17.7 Å². The van der Waals surface area contributed by atoms with Gasteiger partial charge in [-0.15, -0.1) is 5.10 Å². The minimum atomic E-state index is -4.51. The molecule has 0 spiro atoms. The Morgan fingerprint density at radius 2 is 1.86 bits per heavy atom. The van der Waals surface area contributed by atoms with E-state index in [4.69, 9.17) is 18.9 Å². The molecular formula is C22H19F3N6O5. The summed E-state index contributed by atoms with van der Waals surface area (Å²) < 4.78 is 63.1. The van der Waals surface area contributed by atoms with Gasteiger partial charge in [-0.1, -0.05) is 6.07 Å². The fourth-order valence-corrected chi connectivity index (χ4v) is 4.56. The molecule has 2 amide bonds. The molecule has 6 rings (SSSR count). The number of anilines is 1. The van der Waals surface area contributed by atoms with Crippen LogP contribution in [0.1, 0.15) is 11.6 Å². The zero-order valence-corrected chi connectivity index (χ0v) is 18.4. The highest BCUT2D eigenvalue weighted by Crippen LogP contribution is 2.38. The summed E-state index contributed by atoms with van der Waals surface area (Å²) in [6.45, 7) is 0.544. The molecule has 188 valence electrons. The lowest BCUT2D eigenvalue weighted by Gasteiger charge is -2.18. The molecule has 0 saturated carbocycles. The molecule has 4 atom stereocenters. The number of urea groups is 1. The summed E-state index contributed by atoms with van der Waals surface area (Å²) in [5.41, 5.74) is -0.114. The molecule has 3 aliphatic rings. The molecule has 0 radical (unpaired) electrons. The Kier molecular flexibility index (Phi) is 5.41. The Bertz CT molecular complexity index is 1300. The maximum atomic E-state index is 12.9. The number of carbonyl (C=O) groups excluding carboxylic acids is 1. The first-order chi connectivity index (χ1) is 17.4. The van der Waals surface area contributed by atoms with Crippen molar-refractivity contribution in [2.45, 2.75) is 30.5 Å². The van der Waals surface area contributed by atoms with Gasteiger partial charge in [-0.05, 0) is 46.8 Å². The molecule has 0 aliphatic carbocycles. The van der Waals surface area contributed by atoms with Crippen molar-refractivity contribution in [3.8, 4) is 22.9 Å². The molecule has 14 heteroatoms. The van der Waals surface area contributed by atoms with E-state index >= 15 is 0 Å². The maximum absolute atomic E-state index is 12.9. The largest absolute Gasteiger partial charge is 0.454 e. The second-order valence-corrected chi connectivity index (χ2v) is 8.46. The smallest absolute Gasteiger partial charge is 0.416 e. The first kappa shape index (κ1) is 22.5. The molecule has 0 unspecified atom stereocenters. The molecule has 11 nitrogen and oxygen atoms in total. The number of rotatable bonds is 4. The predicted octanol–water partition coefficient (Wildman–Crippen LogP) is 2.62. The van der Waals surface area contributed by atoms with Crippen molar-refractivity contribution >= 4 is 11.7 Å². The van der Waals surface area contributed by atoms with Gasteiger partial charge in [0.1, 0.15) is 18.2 Å². The van der Waals surface area contributed by atoms with Gasteiger partial charge in [0.25, 0.3) is 0 Å². The summed E-state index contributed by atoms with van der Waals surface area (Å²) in [4.78, 5) is 12.5. The van der Waals surface area contributed by atoms with Crippen LogP contribution in [0.25, 0.3) is 11.4 Å². The molecule has 1 aromatic heterocycles. The monoisotopic (exact) mass is 504 g/mol. The number of nitrogens with zero attached hydrogens (tertiary/aromatic N) is 4. The minimum Gasteiger partial charge on any atom is -0.454 e. The Labute approximate surface area is 201 Å². The lowest BCUT2D eigenvalue weighted by Crippen LogP contribution is -2.45. The van der Waals surface area contributed by atoms with Crippen molar-refractivity contribution in [1.29, 1.82) is 0 Å². The Morgan fingerprint density at radius 1 is 1.03 bits per heavy atom. The first-order valence-electron chi connectivity index (χ1n) is 11.0. The zero-order valence-electron chi connectivity index (χ0n) is 18.4. The lowest BCUT2D eigenvalue weighted by atomic mass is 10.1. The lowest BCUT2D eigenvalue weighted by molar-refractivity contribution is -0.137. The van der Waals surface area contributed by atoms with E-state index in [1.807, 2.05) is 6.07 Å². The fourth-order valence-electron chi connectivity index (χ4n) is 4.56. The van der Waals surface area contributed by atoms with E-state index in [-0.39, 0.29) is 31.7 Å². The number of tetrazole rings is 1. The number of halogens is 3. The minimum absolute atomic E-state index is 0.0186. The first-order valence-corrected chi connectivity index (χ1v) is 11.0. The van der Waals surface area contributed by atoms with Crippen LogP contribution in [0.3, 0.4) is 0 Å². The summed E-state index contributed by atoms with van der Waals surface area (Å²) in [7, 11) is 0. The average molecular weight is 504 g/mol. The molecule has 2 N–H and O–H groups in total. The van der Waals surface area contributed by atoms with E-state index in [2.05, 4.69) is 26.2 Å². The molecule has 3 aromatic rings. The summed E-state index contributed by atoms with van der Waals surface area (Å²) in [5, 5.41) is 17.2. The van der Waals surface area contributed by atoms with Gasteiger partial charge in [-0.3, -0.25) is 0 Å². The normalized spacial score (nSPS) is 24.5. The van der Waals surface area contributed by atoms with Crippen molar-refractivity contribution in [3.63, 3.8) is 0 Å². The number of hydrogen-bond acceptors (Lipinski definition) is 8. The van der Waals surface area contributed by atoms with Gasteiger partial charge in [0.2, 0.25) is 6.79 Å². The van der Waals surface area contributed by atoms with Gasteiger partial charge in [-0.25, -0.2) is 9.48 Å². The summed E-state index contributed by atoms with van der Waals surface area (Å²) in [6.07, 6.45) is -5.44. The van der Waals surface area contributed by atoms with E-state index in [1.54, 1.807) is 16.8 Å². The van der Waals surface area contributed by atoms with Gasteiger partial charge in [-0.2, -0.15) is 13.2 Å². The van der Waals surface area contributed by atoms with Crippen molar-refractivity contribution in [2.24, 2.45) is 0 Å². The fraction of sp³-hybridized carbons (Fsp3) is 0.364. The third-order valence-corrected chi connectivity index (χ3v) is 6.23. The second kappa shape index (κ2) is 8.64. The highest BCUT2D eigenvalue weighted by atomic mass is 19.4. The van der Waals surface area contributed by atoms with E-state index in [0.29, 0.717) is 17.3 Å². The van der Waals surface area contributed by atoms with Crippen molar-refractivity contribution in [3.05, 3.63) is 48.0 Å². The number of hydrogen-bond donors (Lipinski definition) is 2. The van der Waals surface area contributed by atoms with Crippen LogP contribution < -0.4 is 20.1 Å². The molecule has 2 fully saturated rings. The summed E-state index contributed by atoms with van der Waals surface area (Å²) >= 11 is 0. The van der Waals surface area contributed by atoms with Gasteiger partial charge in [0, 0.05) is 11.3 Å². The van der Waals surface area contributed by atoms with Gasteiger partial charge in [0.05, 0.1) is 24.8 Å².